The van der Waals surface area contributed by atoms with E-state index in [0.717, 1.165) is 13.0 Å². The first kappa shape index (κ1) is 10.4. The second-order valence-electron chi connectivity index (χ2n) is 3.82. The Balaban J connectivity index is 1.70. The van der Waals surface area contributed by atoms with Gasteiger partial charge in [0.05, 0.1) is 6.10 Å². The summed E-state index contributed by atoms with van der Waals surface area (Å²) in [4.78, 5) is 5.55. The molecule has 2 heteroatoms. The van der Waals surface area contributed by atoms with E-state index in [0.29, 0.717) is 0 Å². The Kier molecular flexibility index (Phi) is 3.94. The van der Waals surface area contributed by atoms with Gasteiger partial charge in [0.25, 0.3) is 0 Å². The second-order valence-corrected chi connectivity index (χ2v) is 3.82. The highest BCUT2D eigenvalue weighted by Gasteiger charge is 2.07. The molecule has 1 aliphatic rings. The largest absolute Gasteiger partial charge is 0.294 e. The van der Waals surface area contributed by atoms with Gasteiger partial charge >= 0.3 is 0 Å². The third kappa shape index (κ3) is 3.50. The van der Waals surface area contributed by atoms with Crippen molar-refractivity contribution in [2.75, 3.05) is 0 Å². The number of hydroxylamine groups is 1. The predicted octanol–water partition coefficient (Wildman–Crippen LogP) is 2.82. The van der Waals surface area contributed by atoms with Crippen molar-refractivity contribution in [1.82, 2.24) is 5.48 Å². The highest BCUT2D eigenvalue weighted by molar-refractivity contribution is 5.13. The zero-order chi connectivity index (χ0) is 10.3. The molecule has 1 aliphatic carbocycles. The van der Waals surface area contributed by atoms with Gasteiger partial charge in [-0.3, -0.25) is 4.84 Å². The van der Waals surface area contributed by atoms with Crippen molar-refractivity contribution in [2.45, 2.75) is 31.9 Å². The Bertz CT molecular complexity index is 308. The maximum atomic E-state index is 5.55. The maximum absolute atomic E-state index is 5.55. The number of allylic oxidation sites excluding steroid dienone is 1. The van der Waals surface area contributed by atoms with Crippen LogP contribution in [-0.2, 0) is 11.4 Å². The van der Waals surface area contributed by atoms with Gasteiger partial charge in [-0.05, 0) is 24.8 Å². The van der Waals surface area contributed by atoms with E-state index in [4.69, 9.17) is 4.84 Å². The summed E-state index contributed by atoms with van der Waals surface area (Å²) in [5.74, 6) is 0. The lowest BCUT2D eigenvalue weighted by Crippen LogP contribution is -2.23. The summed E-state index contributed by atoms with van der Waals surface area (Å²) in [5, 5.41) is 0. The number of hydrogen-bond acceptors (Lipinski definition) is 2. The zero-order valence-electron chi connectivity index (χ0n) is 8.86. The minimum absolute atomic E-state index is 0.252. The van der Waals surface area contributed by atoms with Gasteiger partial charge < -0.3 is 0 Å². The molecule has 0 amide bonds. The van der Waals surface area contributed by atoms with Gasteiger partial charge in [0.15, 0.2) is 0 Å². The highest BCUT2D eigenvalue weighted by Crippen LogP contribution is 2.12. The molecule has 1 aromatic carbocycles. The number of hydrogen-bond donors (Lipinski definition) is 1. The van der Waals surface area contributed by atoms with Crippen LogP contribution in [0.15, 0.2) is 42.5 Å². The van der Waals surface area contributed by atoms with Crippen molar-refractivity contribution in [3.8, 4) is 0 Å². The Hall–Kier alpha value is -1.12. The van der Waals surface area contributed by atoms with Crippen LogP contribution in [0.4, 0.5) is 0 Å². The first-order valence-electron chi connectivity index (χ1n) is 5.54. The molecule has 1 N–H and O–H groups in total. The molecule has 0 fully saturated rings. The third-order valence-electron chi connectivity index (χ3n) is 2.56. The summed E-state index contributed by atoms with van der Waals surface area (Å²) >= 11 is 0. The second kappa shape index (κ2) is 5.69. The minimum atomic E-state index is 0.252. The molecule has 2 nitrogen and oxygen atoms in total. The van der Waals surface area contributed by atoms with Crippen molar-refractivity contribution < 1.29 is 4.84 Å². The van der Waals surface area contributed by atoms with Gasteiger partial charge in [-0.25, -0.2) is 0 Å². The summed E-state index contributed by atoms with van der Waals surface area (Å²) < 4.78 is 0. The van der Waals surface area contributed by atoms with Crippen molar-refractivity contribution >= 4 is 0 Å². The van der Waals surface area contributed by atoms with Crippen LogP contribution in [0.2, 0.25) is 0 Å². The van der Waals surface area contributed by atoms with Crippen LogP contribution in [-0.4, -0.2) is 6.10 Å². The summed E-state index contributed by atoms with van der Waals surface area (Å²) in [6.45, 7) is 0.769. The average molecular weight is 203 g/mol. The highest BCUT2D eigenvalue weighted by atomic mass is 16.7. The first-order chi connectivity index (χ1) is 7.45. The number of nitrogens with one attached hydrogen (secondary N) is 1. The van der Waals surface area contributed by atoms with E-state index in [1.54, 1.807) is 0 Å². The van der Waals surface area contributed by atoms with E-state index in [9.17, 15) is 0 Å². The SMILES string of the molecule is C1=CC(ONCc2ccccc2)CCC1. The van der Waals surface area contributed by atoms with Gasteiger partial charge in [0.1, 0.15) is 0 Å². The zero-order valence-corrected chi connectivity index (χ0v) is 8.86. The van der Waals surface area contributed by atoms with Crippen molar-refractivity contribution in [3.05, 3.63) is 48.0 Å². The van der Waals surface area contributed by atoms with Crippen LogP contribution < -0.4 is 5.48 Å². The van der Waals surface area contributed by atoms with E-state index in [1.807, 2.05) is 18.2 Å². The molecule has 1 aromatic rings. The summed E-state index contributed by atoms with van der Waals surface area (Å²) in [6.07, 6.45) is 8.13. The average Bonchev–Trinajstić information content (AvgIpc) is 2.32. The molecule has 0 radical (unpaired) electrons. The summed E-state index contributed by atoms with van der Waals surface area (Å²) in [6, 6.07) is 10.3. The fraction of sp³-hybridized carbons (Fsp3) is 0.385. The minimum Gasteiger partial charge on any atom is -0.294 e. The van der Waals surface area contributed by atoms with Crippen LogP contribution >= 0.6 is 0 Å². The van der Waals surface area contributed by atoms with Crippen molar-refractivity contribution in [3.63, 3.8) is 0 Å². The van der Waals surface area contributed by atoms with Gasteiger partial charge in [0, 0.05) is 6.54 Å². The summed E-state index contributed by atoms with van der Waals surface area (Å²) in [7, 11) is 0. The summed E-state index contributed by atoms with van der Waals surface area (Å²) in [5.41, 5.74) is 4.27. The van der Waals surface area contributed by atoms with Crippen LogP contribution in [0.3, 0.4) is 0 Å². The van der Waals surface area contributed by atoms with Gasteiger partial charge in [-0.1, -0.05) is 42.5 Å². The maximum Gasteiger partial charge on any atom is 0.0971 e. The van der Waals surface area contributed by atoms with Gasteiger partial charge in [-0.2, -0.15) is 5.48 Å². The lowest BCUT2D eigenvalue weighted by atomic mass is 10.1. The van der Waals surface area contributed by atoms with Crippen molar-refractivity contribution in [2.24, 2.45) is 0 Å². The lowest BCUT2D eigenvalue weighted by Gasteiger charge is -2.17. The monoisotopic (exact) mass is 203 g/mol. The van der Waals surface area contributed by atoms with Crippen LogP contribution in [0.25, 0.3) is 0 Å². The third-order valence-corrected chi connectivity index (χ3v) is 2.56. The van der Waals surface area contributed by atoms with Gasteiger partial charge in [-0.15, -0.1) is 0 Å². The Morgan fingerprint density at radius 3 is 2.87 bits per heavy atom. The molecule has 80 valence electrons. The Morgan fingerprint density at radius 1 is 1.27 bits per heavy atom. The Morgan fingerprint density at radius 2 is 2.13 bits per heavy atom. The Labute approximate surface area is 90.9 Å². The number of benzene rings is 1. The smallest absolute Gasteiger partial charge is 0.0971 e. The molecule has 0 saturated carbocycles. The van der Waals surface area contributed by atoms with E-state index in [-0.39, 0.29) is 6.10 Å². The lowest BCUT2D eigenvalue weighted by molar-refractivity contribution is -0.0100. The molecular weight excluding hydrogens is 186 g/mol. The molecule has 0 saturated heterocycles. The molecule has 1 atom stereocenters. The van der Waals surface area contributed by atoms with Crippen LogP contribution in [0.5, 0.6) is 0 Å². The van der Waals surface area contributed by atoms with Gasteiger partial charge in [0.2, 0.25) is 0 Å². The fourth-order valence-corrected chi connectivity index (χ4v) is 1.71. The molecule has 2 rings (SSSR count). The van der Waals surface area contributed by atoms with Crippen LogP contribution in [0, 0.1) is 0 Å². The normalized spacial score (nSPS) is 20.4. The molecular formula is C13H17NO. The standard InChI is InChI=1S/C13H17NO/c1-3-7-12(8-4-1)11-14-15-13-9-5-2-6-10-13/h1,3-5,7-9,13-14H,2,6,10-11H2. The molecule has 0 heterocycles. The molecule has 0 bridgehead atoms. The molecule has 0 aliphatic heterocycles. The fourth-order valence-electron chi connectivity index (χ4n) is 1.71. The van der Waals surface area contributed by atoms with E-state index in [2.05, 4.69) is 29.8 Å². The van der Waals surface area contributed by atoms with Crippen molar-refractivity contribution in [1.29, 1.82) is 0 Å². The molecule has 0 spiro atoms. The molecule has 0 aromatic heterocycles. The first-order valence-corrected chi connectivity index (χ1v) is 5.54. The van der Waals surface area contributed by atoms with E-state index >= 15 is 0 Å². The molecule has 1 unspecified atom stereocenters. The van der Waals surface area contributed by atoms with Crippen LogP contribution in [0.1, 0.15) is 24.8 Å². The predicted molar refractivity (Wildman–Crippen MR) is 61.1 cm³/mol. The van der Waals surface area contributed by atoms with E-state index < -0.39 is 0 Å². The number of rotatable bonds is 4. The topological polar surface area (TPSA) is 21.3 Å². The molecule has 15 heavy (non-hydrogen) atoms. The quantitative estimate of drug-likeness (QED) is 0.600. The van der Waals surface area contributed by atoms with E-state index in [1.165, 1.54) is 18.4 Å².